The number of halogens is 1. The van der Waals surface area contributed by atoms with Crippen molar-refractivity contribution >= 4 is 23.0 Å². The van der Waals surface area contributed by atoms with Crippen molar-refractivity contribution in [2.45, 2.75) is 12.0 Å². The van der Waals surface area contributed by atoms with Crippen LogP contribution in [0.4, 0.5) is 11.4 Å². The average Bonchev–Trinajstić information content (AvgIpc) is 2.46. The lowest BCUT2D eigenvalue weighted by Gasteiger charge is -2.31. The number of rotatable bonds is 3. The molecule has 0 radical (unpaired) electrons. The van der Waals surface area contributed by atoms with Crippen LogP contribution < -0.4 is 4.90 Å². The van der Waals surface area contributed by atoms with Crippen molar-refractivity contribution in [1.29, 1.82) is 5.26 Å². The number of hydrogen-bond donors (Lipinski definition) is 0. The lowest BCUT2D eigenvalue weighted by Crippen LogP contribution is -2.41. The minimum Gasteiger partial charge on any atom is -0.366 e. The number of hydrogen-bond acceptors (Lipinski definition) is 5. The van der Waals surface area contributed by atoms with E-state index in [0.29, 0.717) is 25.3 Å². The number of benzene rings is 1. The molecular formula is C12H12ClN3O3. The van der Waals surface area contributed by atoms with Gasteiger partial charge in [-0.15, -0.1) is 11.6 Å². The maximum atomic E-state index is 10.8. The SMILES string of the molecule is N#CC1CN(c2ccc([N+](=O)[O-])c(CCl)c2)CCO1. The van der Waals surface area contributed by atoms with Crippen LogP contribution in [0.2, 0.25) is 0 Å². The molecule has 1 unspecified atom stereocenters. The van der Waals surface area contributed by atoms with Gasteiger partial charge in [0.05, 0.1) is 30.0 Å². The highest BCUT2D eigenvalue weighted by Gasteiger charge is 2.22. The van der Waals surface area contributed by atoms with Crippen molar-refractivity contribution in [3.05, 3.63) is 33.9 Å². The van der Waals surface area contributed by atoms with E-state index in [0.717, 1.165) is 5.69 Å². The Bertz CT molecular complexity index is 529. The number of alkyl halides is 1. The van der Waals surface area contributed by atoms with E-state index in [1.165, 1.54) is 6.07 Å². The summed E-state index contributed by atoms with van der Waals surface area (Å²) in [5.41, 5.74) is 1.32. The van der Waals surface area contributed by atoms with Crippen LogP contribution >= 0.6 is 11.6 Å². The van der Waals surface area contributed by atoms with Crippen LogP contribution in [0.5, 0.6) is 0 Å². The number of nitro groups is 1. The molecule has 100 valence electrons. The van der Waals surface area contributed by atoms with E-state index in [4.69, 9.17) is 21.6 Å². The van der Waals surface area contributed by atoms with E-state index < -0.39 is 11.0 Å². The predicted molar refractivity (Wildman–Crippen MR) is 70.2 cm³/mol. The topological polar surface area (TPSA) is 79.4 Å². The molecule has 0 spiro atoms. The van der Waals surface area contributed by atoms with Gasteiger partial charge in [-0.25, -0.2) is 0 Å². The summed E-state index contributed by atoms with van der Waals surface area (Å²) in [5.74, 6) is 0.0795. The standard InChI is InChI=1S/C12H12ClN3O3/c13-6-9-5-10(1-2-12(9)16(17)18)15-3-4-19-11(7-14)8-15/h1-2,5,11H,3-4,6,8H2. The Balaban J connectivity index is 2.26. The zero-order valence-corrected chi connectivity index (χ0v) is 10.8. The third-order valence-electron chi connectivity index (χ3n) is 2.98. The largest absolute Gasteiger partial charge is 0.366 e. The van der Waals surface area contributed by atoms with Crippen molar-refractivity contribution in [2.24, 2.45) is 0 Å². The average molecular weight is 282 g/mol. The first-order valence-electron chi connectivity index (χ1n) is 5.75. The quantitative estimate of drug-likeness (QED) is 0.481. The smallest absolute Gasteiger partial charge is 0.273 e. The van der Waals surface area contributed by atoms with Crippen LogP contribution in [-0.2, 0) is 10.6 Å². The van der Waals surface area contributed by atoms with Gasteiger partial charge in [0.15, 0.2) is 6.10 Å². The van der Waals surface area contributed by atoms with Gasteiger partial charge in [-0.2, -0.15) is 5.26 Å². The lowest BCUT2D eigenvalue weighted by atomic mass is 10.1. The summed E-state index contributed by atoms with van der Waals surface area (Å²) in [4.78, 5) is 12.4. The Morgan fingerprint density at radius 1 is 1.63 bits per heavy atom. The summed E-state index contributed by atoms with van der Waals surface area (Å²) >= 11 is 5.74. The number of nitro benzene ring substituents is 1. The zero-order valence-electron chi connectivity index (χ0n) is 10.1. The highest BCUT2D eigenvalue weighted by atomic mass is 35.5. The fraction of sp³-hybridized carbons (Fsp3) is 0.417. The van der Waals surface area contributed by atoms with E-state index in [9.17, 15) is 10.1 Å². The molecule has 1 fully saturated rings. The molecule has 6 nitrogen and oxygen atoms in total. The summed E-state index contributed by atoms with van der Waals surface area (Å²) in [5, 5.41) is 19.7. The number of anilines is 1. The number of morpholine rings is 1. The molecule has 0 aliphatic carbocycles. The van der Waals surface area contributed by atoms with Gasteiger partial charge < -0.3 is 9.64 Å². The van der Waals surface area contributed by atoms with Gasteiger partial charge in [-0.05, 0) is 12.1 Å². The van der Waals surface area contributed by atoms with E-state index in [1.807, 2.05) is 4.90 Å². The Morgan fingerprint density at radius 2 is 2.42 bits per heavy atom. The molecule has 0 N–H and O–H groups in total. The van der Waals surface area contributed by atoms with Crippen molar-refractivity contribution in [3.63, 3.8) is 0 Å². The molecule has 19 heavy (non-hydrogen) atoms. The van der Waals surface area contributed by atoms with Crippen LogP contribution in [0.25, 0.3) is 0 Å². The Hall–Kier alpha value is -1.84. The van der Waals surface area contributed by atoms with Crippen molar-refractivity contribution < 1.29 is 9.66 Å². The van der Waals surface area contributed by atoms with Crippen LogP contribution in [0, 0.1) is 21.4 Å². The van der Waals surface area contributed by atoms with Crippen molar-refractivity contribution in [3.8, 4) is 6.07 Å². The second-order valence-electron chi connectivity index (χ2n) is 4.14. The van der Waals surface area contributed by atoms with E-state index in [2.05, 4.69) is 6.07 Å². The summed E-state index contributed by atoms with van der Waals surface area (Å²) in [6.07, 6.45) is -0.469. The normalized spacial score (nSPS) is 18.9. The highest BCUT2D eigenvalue weighted by molar-refractivity contribution is 6.17. The molecule has 0 aromatic heterocycles. The Kier molecular flexibility index (Phi) is 4.20. The number of nitrogens with zero attached hydrogens (tertiary/aromatic N) is 3. The third kappa shape index (κ3) is 2.95. The minimum atomic E-state index is -0.469. The zero-order chi connectivity index (χ0) is 13.8. The highest BCUT2D eigenvalue weighted by Crippen LogP contribution is 2.27. The fourth-order valence-electron chi connectivity index (χ4n) is 2.02. The first kappa shape index (κ1) is 13.6. The fourth-order valence-corrected chi connectivity index (χ4v) is 2.23. The van der Waals surface area contributed by atoms with Crippen LogP contribution in [0.15, 0.2) is 18.2 Å². The van der Waals surface area contributed by atoms with Crippen LogP contribution in [-0.4, -0.2) is 30.7 Å². The molecule has 1 heterocycles. The molecule has 1 aromatic rings. The lowest BCUT2D eigenvalue weighted by molar-refractivity contribution is -0.385. The van der Waals surface area contributed by atoms with Crippen molar-refractivity contribution in [1.82, 2.24) is 0 Å². The molecule has 0 bridgehead atoms. The van der Waals surface area contributed by atoms with Gasteiger partial charge in [0.2, 0.25) is 0 Å². The van der Waals surface area contributed by atoms with Crippen LogP contribution in [0.3, 0.4) is 0 Å². The monoisotopic (exact) mass is 281 g/mol. The van der Waals surface area contributed by atoms with Crippen molar-refractivity contribution in [2.75, 3.05) is 24.6 Å². The van der Waals surface area contributed by atoms with Gasteiger partial charge >= 0.3 is 0 Å². The Morgan fingerprint density at radius 3 is 3.05 bits per heavy atom. The second kappa shape index (κ2) is 5.87. The van der Waals surface area contributed by atoms with Gasteiger partial charge in [-0.1, -0.05) is 0 Å². The molecule has 1 saturated heterocycles. The van der Waals surface area contributed by atoms with Gasteiger partial charge in [-0.3, -0.25) is 10.1 Å². The number of ether oxygens (including phenoxy) is 1. The first-order chi connectivity index (χ1) is 9.15. The summed E-state index contributed by atoms with van der Waals surface area (Å²) in [7, 11) is 0. The maximum absolute atomic E-state index is 10.8. The van der Waals surface area contributed by atoms with E-state index in [1.54, 1.807) is 12.1 Å². The molecule has 0 saturated carbocycles. The summed E-state index contributed by atoms with van der Waals surface area (Å²) in [6, 6.07) is 6.89. The Labute approximate surface area is 115 Å². The molecule has 1 atom stereocenters. The molecule has 2 rings (SSSR count). The molecule has 0 amide bonds. The van der Waals surface area contributed by atoms with Gasteiger partial charge in [0.1, 0.15) is 0 Å². The van der Waals surface area contributed by atoms with Gasteiger partial charge in [0, 0.05) is 23.9 Å². The maximum Gasteiger partial charge on any atom is 0.273 e. The summed E-state index contributed by atoms with van der Waals surface area (Å²) in [6.45, 7) is 1.57. The van der Waals surface area contributed by atoms with E-state index in [-0.39, 0.29) is 11.6 Å². The molecule has 1 aliphatic heterocycles. The third-order valence-corrected chi connectivity index (χ3v) is 3.27. The first-order valence-corrected chi connectivity index (χ1v) is 6.28. The predicted octanol–water partition coefficient (Wildman–Crippen LogP) is 2.06. The molecule has 7 heteroatoms. The summed E-state index contributed by atoms with van der Waals surface area (Å²) < 4.78 is 5.26. The molecule has 1 aromatic carbocycles. The molecular weight excluding hydrogens is 270 g/mol. The van der Waals surface area contributed by atoms with Crippen LogP contribution in [0.1, 0.15) is 5.56 Å². The number of nitriles is 1. The van der Waals surface area contributed by atoms with Gasteiger partial charge in [0.25, 0.3) is 5.69 Å². The molecule has 1 aliphatic rings. The van der Waals surface area contributed by atoms with E-state index >= 15 is 0 Å². The second-order valence-corrected chi connectivity index (χ2v) is 4.41. The minimum absolute atomic E-state index is 0.0174.